The smallest absolute Gasteiger partial charge is 0.339 e. The van der Waals surface area contributed by atoms with Crippen molar-refractivity contribution in [3.05, 3.63) is 24.0 Å². The highest BCUT2D eigenvalue weighted by Crippen LogP contribution is 2.11. The molecule has 0 radical (unpaired) electrons. The zero-order valence-electron chi connectivity index (χ0n) is 9.52. The van der Waals surface area contributed by atoms with Crippen molar-refractivity contribution in [1.29, 1.82) is 0 Å². The second kappa shape index (κ2) is 7.86. The molecule has 1 aromatic rings. The first-order valence-electron chi connectivity index (χ1n) is 5.08. The summed E-state index contributed by atoms with van der Waals surface area (Å²) in [5.74, 6) is 0.517. The van der Waals surface area contributed by atoms with Crippen LogP contribution in [0.1, 0.15) is 10.4 Å². The number of hydrogen-bond donors (Lipinski definition) is 0. The molecule has 0 atom stereocenters. The Hall–Kier alpha value is -1.33. The van der Waals surface area contributed by atoms with Crippen LogP contribution in [0, 0.1) is 0 Å². The third kappa shape index (κ3) is 5.01. The van der Waals surface area contributed by atoms with E-state index in [0.717, 1.165) is 0 Å². The van der Waals surface area contributed by atoms with E-state index in [9.17, 15) is 4.79 Å². The van der Waals surface area contributed by atoms with Crippen molar-refractivity contribution >= 4 is 17.6 Å². The Morgan fingerprint density at radius 3 is 2.88 bits per heavy atom. The summed E-state index contributed by atoms with van der Waals surface area (Å²) in [4.78, 5) is 15.1. The molecule has 0 saturated heterocycles. The van der Waals surface area contributed by atoms with Gasteiger partial charge in [0, 0.05) is 12.1 Å². The summed E-state index contributed by atoms with van der Waals surface area (Å²) in [7, 11) is 1.32. The molecule has 5 nitrogen and oxygen atoms in total. The van der Waals surface area contributed by atoms with Gasteiger partial charge in [-0.1, -0.05) is 0 Å². The van der Waals surface area contributed by atoms with Gasteiger partial charge in [0.05, 0.1) is 32.1 Å². The maximum absolute atomic E-state index is 11.2. The minimum atomic E-state index is -0.443. The Balaban J connectivity index is 2.40. The van der Waals surface area contributed by atoms with Gasteiger partial charge in [0.25, 0.3) is 0 Å². The first-order chi connectivity index (χ1) is 8.27. The van der Waals surface area contributed by atoms with Crippen LogP contribution in [0.25, 0.3) is 0 Å². The van der Waals surface area contributed by atoms with Crippen LogP contribution in [0.5, 0.6) is 5.75 Å². The Bertz CT molecular complexity index is 359. The van der Waals surface area contributed by atoms with Crippen molar-refractivity contribution in [2.45, 2.75) is 0 Å². The van der Waals surface area contributed by atoms with Gasteiger partial charge in [-0.2, -0.15) is 0 Å². The highest BCUT2D eigenvalue weighted by molar-refractivity contribution is 6.17. The molecule has 1 aromatic heterocycles. The lowest BCUT2D eigenvalue weighted by Gasteiger charge is -2.06. The lowest BCUT2D eigenvalue weighted by Crippen LogP contribution is -2.09. The van der Waals surface area contributed by atoms with Crippen LogP contribution >= 0.6 is 11.6 Å². The SMILES string of the molecule is COC(=O)c1cncc(OCCOCCCl)c1. The Morgan fingerprint density at radius 2 is 2.18 bits per heavy atom. The van der Waals surface area contributed by atoms with Crippen LogP contribution in [-0.4, -0.2) is 43.8 Å². The molecule has 0 saturated carbocycles. The van der Waals surface area contributed by atoms with Crippen molar-refractivity contribution in [2.24, 2.45) is 0 Å². The van der Waals surface area contributed by atoms with E-state index in [1.165, 1.54) is 19.5 Å². The van der Waals surface area contributed by atoms with Crippen molar-refractivity contribution < 1.29 is 19.0 Å². The molecule has 0 spiro atoms. The highest BCUT2D eigenvalue weighted by atomic mass is 35.5. The van der Waals surface area contributed by atoms with E-state index < -0.39 is 5.97 Å². The number of methoxy groups -OCH3 is 1. The van der Waals surface area contributed by atoms with Gasteiger partial charge in [-0.15, -0.1) is 11.6 Å². The Labute approximate surface area is 105 Å². The fraction of sp³-hybridized carbons (Fsp3) is 0.455. The summed E-state index contributed by atoms with van der Waals surface area (Å²) < 4.78 is 15.1. The Morgan fingerprint density at radius 1 is 1.35 bits per heavy atom. The lowest BCUT2D eigenvalue weighted by molar-refractivity contribution is 0.0599. The molecular weight excluding hydrogens is 246 g/mol. The van der Waals surface area contributed by atoms with Gasteiger partial charge in [0.2, 0.25) is 0 Å². The minimum absolute atomic E-state index is 0.353. The minimum Gasteiger partial charge on any atom is -0.490 e. The Kier molecular flexibility index (Phi) is 6.35. The second-order valence-corrected chi connectivity index (χ2v) is 3.43. The summed E-state index contributed by atoms with van der Waals surface area (Å²) in [5, 5.41) is 0. The molecule has 0 aliphatic rings. The standard InChI is InChI=1S/C11H14ClNO4/c1-15-11(14)9-6-10(8-13-7-9)17-5-4-16-3-2-12/h6-8H,2-5H2,1H3. The van der Waals surface area contributed by atoms with E-state index in [4.69, 9.17) is 21.1 Å². The number of hydrogen-bond acceptors (Lipinski definition) is 5. The van der Waals surface area contributed by atoms with Crippen molar-refractivity contribution in [2.75, 3.05) is 32.8 Å². The highest BCUT2D eigenvalue weighted by Gasteiger charge is 2.06. The van der Waals surface area contributed by atoms with E-state index in [1.807, 2.05) is 0 Å². The zero-order valence-corrected chi connectivity index (χ0v) is 10.3. The van der Waals surface area contributed by atoms with Gasteiger partial charge in [-0.25, -0.2) is 4.79 Å². The number of esters is 1. The molecule has 0 fully saturated rings. The van der Waals surface area contributed by atoms with Crippen LogP contribution in [0.4, 0.5) is 0 Å². The number of carbonyl (C=O) groups is 1. The van der Waals surface area contributed by atoms with Crippen LogP contribution < -0.4 is 4.74 Å². The number of nitrogens with zero attached hydrogens (tertiary/aromatic N) is 1. The van der Waals surface area contributed by atoms with Crippen LogP contribution in [0.2, 0.25) is 0 Å². The van der Waals surface area contributed by atoms with Crippen LogP contribution in [-0.2, 0) is 9.47 Å². The summed E-state index contributed by atoms with van der Waals surface area (Å²) >= 11 is 5.44. The second-order valence-electron chi connectivity index (χ2n) is 3.05. The maximum atomic E-state index is 11.2. The van der Waals surface area contributed by atoms with Crippen molar-refractivity contribution in [3.8, 4) is 5.75 Å². The first kappa shape index (κ1) is 13.7. The van der Waals surface area contributed by atoms with E-state index in [2.05, 4.69) is 9.72 Å². The fourth-order valence-corrected chi connectivity index (χ4v) is 1.21. The quantitative estimate of drug-likeness (QED) is 0.422. The summed E-state index contributed by atoms with van der Waals surface area (Å²) in [6.45, 7) is 1.31. The molecule has 1 rings (SSSR count). The van der Waals surface area contributed by atoms with Crippen molar-refractivity contribution in [1.82, 2.24) is 4.98 Å². The van der Waals surface area contributed by atoms with E-state index >= 15 is 0 Å². The third-order valence-electron chi connectivity index (χ3n) is 1.85. The molecular formula is C11H14ClNO4. The number of alkyl halides is 1. The monoisotopic (exact) mass is 259 g/mol. The molecule has 1 heterocycles. The normalized spacial score (nSPS) is 10.0. The number of rotatable bonds is 7. The maximum Gasteiger partial charge on any atom is 0.339 e. The first-order valence-corrected chi connectivity index (χ1v) is 5.61. The van der Waals surface area contributed by atoms with Gasteiger partial charge in [-0.05, 0) is 6.07 Å². The molecule has 0 N–H and O–H groups in total. The topological polar surface area (TPSA) is 57.7 Å². The molecule has 0 aromatic carbocycles. The number of aromatic nitrogens is 1. The predicted octanol–water partition coefficient (Wildman–Crippen LogP) is 1.50. The molecule has 94 valence electrons. The van der Waals surface area contributed by atoms with Crippen molar-refractivity contribution in [3.63, 3.8) is 0 Å². The predicted molar refractivity (Wildman–Crippen MR) is 62.6 cm³/mol. The lowest BCUT2D eigenvalue weighted by atomic mass is 10.3. The number of halogens is 1. The number of ether oxygens (including phenoxy) is 3. The summed E-state index contributed by atoms with van der Waals surface area (Å²) in [6.07, 6.45) is 2.94. The molecule has 6 heteroatoms. The van der Waals surface area contributed by atoms with Gasteiger partial charge in [0.1, 0.15) is 12.4 Å². The molecule has 0 amide bonds. The van der Waals surface area contributed by atoms with Crippen LogP contribution in [0.15, 0.2) is 18.5 Å². The van der Waals surface area contributed by atoms with E-state index in [0.29, 0.717) is 37.0 Å². The molecule has 17 heavy (non-hydrogen) atoms. The van der Waals surface area contributed by atoms with Gasteiger partial charge < -0.3 is 14.2 Å². The van der Waals surface area contributed by atoms with Gasteiger partial charge in [-0.3, -0.25) is 4.98 Å². The summed E-state index contributed by atoms with van der Waals surface area (Å²) in [6, 6.07) is 1.57. The summed E-state index contributed by atoms with van der Waals surface area (Å²) in [5.41, 5.74) is 0.353. The van der Waals surface area contributed by atoms with Gasteiger partial charge >= 0.3 is 5.97 Å². The molecule has 0 aliphatic carbocycles. The van der Waals surface area contributed by atoms with E-state index in [1.54, 1.807) is 6.07 Å². The third-order valence-corrected chi connectivity index (χ3v) is 2.01. The molecule has 0 bridgehead atoms. The van der Waals surface area contributed by atoms with Crippen LogP contribution in [0.3, 0.4) is 0 Å². The average molecular weight is 260 g/mol. The number of pyridine rings is 1. The fourth-order valence-electron chi connectivity index (χ4n) is 1.10. The average Bonchev–Trinajstić information content (AvgIpc) is 2.38. The zero-order chi connectivity index (χ0) is 12.5. The largest absolute Gasteiger partial charge is 0.490 e. The van der Waals surface area contributed by atoms with E-state index in [-0.39, 0.29) is 0 Å². The van der Waals surface area contributed by atoms with Gasteiger partial charge in [0.15, 0.2) is 0 Å². The molecule has 0 aliphatic heterocycles. The molecule has 0 unspecified atom stereocenters. The number of carbonyl (C=O) groups excluding carboxylic acids is 1.